The van der Waals surface area contributed by atoms with Gasteiger partial charge in [0.1, 0.15) is 5.75 Å². The number of aromatic nitrogens is 3. The van der Waals surface area contributed by atoms with Crippen LogP contribution in [0, 0.1) is 0 Å². The van der Waals surface area contributed by atoms with Crippen molar-refractivity contribution < 1.29 is 9.47 Å². The summed E-state index contributed by atoms with van der Waals surface area (Å²) in [5.74, 6) is 1.12. The first-order valence-electron chi connectivity index (χ1n) is 6.69. The highest BCUT2D eigenvalue weighted by Crippen LogP contribution is 2.33. The van der Waals surface area contributed by atoms with Crippen LogP contribution in [0.1, 0.15) is 26.3 Å². The van der Waals surface area contributed by atoms with Crippen LogP contribution in [-0.2, 0) is 5.41 Å². The highest BCUT2D eigenvalue weighted by molar-refractivity contribution is 5.40. The Bertz CT molecular complexity index is 601. The standard InChI is InChI=1S/C15H20N4O2/c1-15(2,3)10-8-6-7-9-11(10)21-14-18-12(16-4)17-13(19-14)20-5/h6-9H,1-5H3,(H,16,17,18,19). The molecule has 1 heterocycles. The molecule has 0 amide bonds. The van der Waals surface area contributed by atoms with E-state index in [4.69, 9.17) is 9.47 Å². The third-order valence-electron chi connectivity index (χ3n) is 2.90. The zero-order chi connectivity index (χ0) is 15.5. The van der Waals surface area contributed by atoms with Gasteiger partial charge in [-0.05, 0) is 11.5 Å². The predicted molar refractivity (Wildman–Crippen MR) is 81.1 cm³/mol. The van der Waals surface area contributed by atoms with E-state index in [9.17, 15) is 0 Å². The van der Waals surface area contributed by atoms with E-state index >= 15 is 0 Å². The molecule has 0 saturated carbocycles. The largest absolute Gasteiger partial charge is 0.467 e. The van der Waals surface area contributed by atoms with Crippen LogP contribution >= 0.6 is 0 Å². The summed E-state index contributed by atoms with van der Waals surface area (Å²) in [5, 5.41) is 2.85. The Morgan fingerprint density at radius 2 is 1.67 bits per heavy atom. The summed E-state index contributed by atoms with van der Waals surface area (Å²) in [4.78, 5) is 12.3. The van der Waals surface area contributed by atoms with Crippen molar-refractivity contribution in [1.82, 2.24) is 15.0 Å². The topological polar surface area (TPSA) is 69.2 Å². The number of methoxy groups -OCH3 is 1. The minimum atomic E-state index is -0.0421. The van der Waals surface area contributed by atoms with E-state index in [1.54, 1.807) is 7.05 Å². The fourth-order valence-electron chi connectivity index (χ4n) is 1.86. The number of anilines is 1. The van der Waals surface area contributed by atoms with E-state index < -0.39 is 0 Å². The van der Waals surface area contributed by atoms with E-state index in [1.165, 1.54) is 7.11 Å². The van der Waals surface area contributed by atoms with Gasteiger partial charge in [-0.1, -0.05) is 39.0 Å². The van der Waals surface area contributed by atoms with Crippen LogP contribution in [0.5, 0.6) is 17.8 Å². The van der Waals surface area contributed by atoms with Crippen molar-refractivity contribution in [3.8, 4) is 17.8 Å². The lowest BCUT2D eigenvalue weighted by Crippen LogP contribution is -2.13. The molecule has 1 N–H and O–H groups in total. The first kappa shape index (κ1) is 15.0. The molecule has 1 aromatic carbocycles. The Balaban J connectivity index is 2.39. The fourth-order valence-corrected chi connectivity index (χ4v) is 1.86. The van der Waals surface area contributed by atoms with Crippen molar-refractivity contribution in [2.45, 2.75) is 26.2 Å². The molecule has 6 heteroatoms. The van der Waals surface area contributed by atoms with E-state index in [0.29, 0.717) is 5.95 Å². The first-order chi connectivity index (χ1) is 9.94. The molecule has 0 saturated heterocycles. The molecule has 0 spiro atoms. The van der Waals surface area contributed by atoms with Gasteiger partial charge in [0.2, 0.25) is 5.95 Å². The molecule has 0 atom stereocenters. The lowest BCUT2D eigenvalue weighted by atomic mass is 9.86. The molecule has 1 aromatic heterocycles. The number of benzene rings is 1. The van der Waals surface area contributed by atoms with Gasteiger partial charge in [-0.2, -0.15) is 9.97 Å². The fraction of sp³-hybridized carbons (Fsp3) is 0.400. The molecule has 0 fully saturated rings. The minimum Gasteiger partial charge on any atom is -0.467 e. The SMILES string of the molecule is CNc1nc(OC)nc(Oc2ccccc2C(C)(C)C)n1. The summed E-state index contributed by atoms with van der Waals surface area (Å²) in [6, 6.07) is 8.24. The Kier molecular flexibility index (Phi) is 4.26. The summed E-state index contributed by atoms with van der Waals surface area (Å²) < 4.78 is 10.9. The summed E-state index contributed by atoms with van der Waals surface area (Å²) in [6.07, 6.45) is 0. The lowest BCUT2D eigenvalue weighted by molar-refractivity contribution is 0.357. The second-order valence-corrected chi connectivity index (χ2v) is 5.53. The second kappa shape index (κ2) is 5.95. The summed E-state index contributed by atoms with van der Waals surface area (Å²) in [5.41, 5.74) is 1.04. The normalized spacial score (nSPS) is 11.1. The number of hydrogen-bond donors (Lipinski definition) is 1. The van der Waals surface area contributed by atoms with Crippen molar-refractivity contribution in [2.75, 3.05) is 19.5 Å². The minimum absolute atomic E-state index is 0.0421. The number of nitrogens with zero attached hydrogens (tertiary/aromatic N) is 3. The molecule has 0 radical (unpaired) electrons. The number of rotatable bonds is 4. The molecule has 0 aliphatic rings. The van der Waals surface area contributed by atoms with Crippen molar-refractivity contribution in [3.05, 3.63) is 29.8 Å². The van der Waals surface area contributed by atoms with Crippen LogP contribution < -0.4 is 14.8 Å². The summed E-state index contributed by atoms with van der Waals surface area (Å²) in [6.45, 7) is 6.38. The Morgan fingerprint density at radius 3 is 2.29 bits per heavy atom. The molecule has 0 bridgehead atoms. The van der Waals surface area contributed by atoms with E-state index in [-0.39, 0.29) is 17.4 Å². The van der Waals surface area contributed by atoms with Crippen LogP contribution in [0.25, 0.3) is 0 Å². The van der Waals surface area contributed by atoms with Crippen LogP contribution in [0.3, 0.4) is 0 Å². The number of para-hydroxylation sites is 1. The van der Waals surface area contributed by atoms with E-state index in [2.05, 4.69) is 41.0 Å². The average molecular weight is 288 g/mol. The number of nitrogens with one attached hydrogen (secondary N) is 1. The average Bonchev–Trinajstić information content (AvgIpc) is 2.46. The highest BCUT2D eigenvalue weighted by atomic mass is 16.5. The monoisotopic (exact) mass is 288 g/mol. The van der Waals surface area contributed by atoms with Crippen LogP contribution in [0.4, 0.5) is 5.95 Å². The Morgan fingerprint density at radius 1 is 1.00 bits per heavy atom. The quantitative estimate of drug-likeness (QED) is 0.932. The number of hydrogen-bond acceptors (Lipinski definition) is 6. The van der Waals surface area contributed by atoms with E-state index in [0.717, 1.165) is 11.3 Å². The van der Waals surface area contributed by atoms with Gasteiger partial charge in [0.05, 0.1) is 7.11 Å². The van der Waals surface area contributed by atoms with Gasteiger partial charge in [0.15, 0.2) is 0 Å². The first-order valence-corrected chi connectivity index (χ1v) is 6.69. The molecule has 2 aromatic rings. The third-order valence-corrected chi connectivity index (χ3v) is 2.90. The predicted octanol–water partition coefficient (Wildman–Crippen LogP) is 3.01. The molecule has 0 aliphatic carbocycles. The van der Waals surface area contributed by atoms with Crippen LogP contribution in [-0.4, -0.2) is 29.1 Å². The smallest absolute Gasteiger partial charge is 0.330 e. The molecule has 0 unspecified atom stereocenters. The Labute approximate surface area is 124 Å². The zero-order valence-electron chi connectivity index (χ0n) is 13.0. The lowest BCUT2D eigenvalue weighted by Gasteiger charge is -2.22. The van der Waals surface area contributed by atoms with Crippen molar-refractivity contribution in [1.29, 1.82) is 0 Å². The maximum atomic E-state index is 5.84. The molecule has 2 rings (SSSR count). The van der Waals surface area contributed by atoms with Gasteiger partial charge < -0.3 is 14.8 Å². The Hall–Kier alpha value is -2.37. The highest BCUT2D eigenvalue weighted by Gasteiger charge is 2.19. The zero-order valence-corrected chi connectivity index (χ0v) is 13.0. The molecule has 112 valence electrons. The van der Waals surface area contributed by atoms with Gasteiger partial charge in [0.25, 0.3) is 0 Å². The van der Waals surface area contributed by atoms with Gasteiger partial charge in [-0.15, -0.1) is 4.98 Å². The molecule has 0 aliphatic heterocycles. The molecular formula is C15H20N4O2. The van der Waals surface area contributed by atoms with Crippen LogP contribution in [0.2, 0.25) is 0 Å². The number of ether oxygens (including phenoxy) is 2. The third kappa shape index (κ3) is 3.59. The summed E-state index contributed by atoms with van der Waals surface area (Å²) in [7, 11) is 3.23. The van der Waals surface area contributed by atoms with Crippen molar-refractivity contribution in [3.63, 3.8) is 0 Å². The van der Waals surface area contributed by atoms with Crippen molar-refractivity contribution >= 4 is 5.95 Å². The molecule has 6 nitrogen and oxygen atoms in total. The van der Waals surface area contributed by atoms with Gasteiger partial charge in [-0.3, -0.25) is 0 Å². The molecule has 21 heavy (non-hydrogen) atoms. The van der Waals surface area contributed by atoms with E-state index in [1.807, 2.05) is 24.3 Å². The maximum Gasteiger partial charge on any atom is 0.330 e. The van der Waals surface area contributed by atoms with Gasteiger partial charge in [0, 0.05) is 12.6 Å². The maximum absolute atomic E-state index is 5.84. The van der Waals surface area contributed by atoms with Gasteiger partial charge in [-0.25, -0.2) is 0 Å². The molecular weight excluding hydrogens is 268 g/mol. The second-order valence-electron chi connectivity index (χ2n) is 5.53. The van der Waals surface area contributed by atoms with Gasteiger partial charge >= 0.3 is 12.0 Å². The van der Waals surface area contributed by atoms with Crippen molar-refractivity contribution in [2.24, 2.45) is 0 Å². The van der Waals surface area contributed by atoms with Crippen LogP contribution in [0.15, 0.2) is 24.3 Å². The summed E-state index contributed by atoms with van der Waals surface area (Å²) >= 11 is 0.